The molecule has 4 heteroatoms. The molecular weight excluding hydrogens is 252 g/mol. The minimum absolute atomic E-state index is 0.0579. The normalized spacial score (nSPS) is 10.8. The lowest BCUT2D eigenvalue weighted by Gasteiger charge is -2.10. The minimum Gasteiger partial charge on any atom is -0.491 e. The monoisotopic (exact) mass is 272 g/mol. The van der Waals surface area contributed by atoms with E-state index in [2.05, 4.69) is 9.97 Å². The van der Waals surface area contributed by atoms with Crippen LogP contribution in [0, 0.1) is 6.92 Å². The van der Waals surface area contributed by atoms with Gasteiger partial charge in [0.15, 0.2) is 0 Å². The van der Waals surface area contributed by atoms with Crippen LogP contribution in [-0.2, 0) is 6.42 Å². The molecule has 0 radical (unpaired) electrons. The van der Waals surface area contributed by atoms with Gasteiger partial charge in [-0.15, -0.1) is 0 Å². The summed E-state index contributed by atoms with van der Waals surface area (Å²) in [6, 6.07) is 7.58. The smallest absolute Gasteiger partial charge is 0.254 e. The lowest BCUT2D eigenvalue weighted by atomic mass is 10.1. The number of hydrogen-bond donors (Lipinski definition) is 1. The van der Waals surface area contributed by atoms with E-state index in [0.717, 1.165) is 22.6 Å². The summed E-state index contributed by atoms with van der Waals surface area (Å²) in [5, 5.41) is 0. The molecular formula is C16H20N2O2. The second-order valence-electron chi connectivity index (χ2n) is 5.02. The molecule has 20 heavy (non-hydrogen) atoms. The van der Waals surface area contributed by atoms with Crippen molar-refractivity contribution >= 4 is 0 Å². The summed E-state index contributed by atoms with van der Waals surface area (Å²) in [6.45, 7) is 7.80. The third kappa shape index (κ3) is 3.07. The van der Waals surface area contributed by atoms with Gasteiger partial charge in [0.2, 0.25) is 0 Å². The number of ether oxygens (including phenoxy) is 1. The summed E-state index contributed by atoms with van der Waals surface area (Å²) in [7, 11) is 0. The SMILES string of the molecule is CCc1c(C)nc(-c2ccc(OC(C)C)cc2)[nH]c1=O. The maximum absolute atomic E-state index is 12.0. The van der Waals surface area contributed by atoms with Gasteiger partial charge in [0.05, 0.1) is 6.10 Å². The number of H-pyrrole nitrogens is 1. The summed E-state index contributed by atoms with van der Waals surface area (Å²) in [4.78, 5) is 19.3. The molecule has 0 aliphatic carbocycles. The van der Waals surface area contributed by atoms with E-state index < -0.39 is 0 Å². The van der Waals surface area contributed by atoms with Gasteiger partial charge < -0.3 is 9.72 Å². The summed E-state index contributed by atoms with van der Waals surface area (Å²) >= 11 is 0. The molecule has 0 saturated heterocycles. The van der Waals surface area contributed by atoms with Crippen LogP contribution in [0.15, 0.2) is 29.1 Å². The van der Waals surface area contributed by atoms with Crippen LogP contribution in [0.5, 0.6) is 5.75 Å². The molecule has 1 aromatic carbocycles. The van der Waals surface area contributed by atoms with Crippen LogP contribution < -0.4 is 10.3 Å². The van der Waals surface area contributed by atoms with E-state index in [1.807, 2.05) is 52.0 Å². The van der Waals surface area contributed by atoms with Gasteiger partial charge in [0.1, 0.15) is 11.6 Å². The van der Waals surface area contributed by atoms with Gasteiger partial charge in [-0.25, -0.2) is 4.98 Å². The molecule has 4 nitrogen and oxygen atoms in total. The Labute approximate surface area is 118 Å². The second kappa shape index (κ2) is 5.90. The van der Waals surface area contributed by atoms with Crippen molar-refractivity contribution in [1.29, 1.82) is 0 Å². The largest absolute Gasteiger partial charge is 0.491 e. The number of aromatic amines is 1. The molecule has 0 bridgehead atoms. The lowest BCUT2D eigenvalue weighted by molar-refractivity contribution is 0.242. The first-order valence-electron chi connectivity index (χ1n) is 6.88. The Kier molecular flexibility index (Phi) is 4.23. The molecule has 2 rings (SSSR count). The Morgan fingerprint density at radius 1 is 1.25 bits per heavy atom. The van der Waals surface area contributed by atoms with Gasteiger partial charge in [0.25, 0.3) is 5.56 Å². The molecule has 106 valence electrons. The van der Waals surface area contributed by atoms with Crippen molar-refractivity contribution in [2.45, 2.75) is 40.2 Å². The zero-order chi connectivity index (χ0) is 14.7. The second-order valence-corrected chi connectivity index (χ2v) is 5.02. The van der Waals surface area contributed by atoms with Crippen LogP contribution >= 0.6 is 0 Å². The quantitative estimate of drug-likeness (QED) is 0.930. The molecule has 0 amide bonds. The van der Waals surface area contributed by atoms with E-state index in [0.29, 0.717) is 12.2 Å². The third-order valence-corrected chi connectivity index (χ3v) is 3.08. The number of benzene rings is 1. The van der Waals surface area contributed by atoms with E-state index in [9.17, 15) is 4.79 Å². The summed E-state index contributed by atoms with van der Waals surface area (Å²) < 4.78 is 5.60. The zero-order valence-electron chi connectivity index (χ0n) is 12.4. The predicted molar refractivity (Wildman–Crippen MR) is 80.2 cm³/mol. The number of nitrogens with one attached hydrogen (secondary N) is 1. The highest BCUT2D eigenvalue weighted by Gasteiger charge is 2.08. The highest BCUT2D eigenvalue weighted by molar-refractivity contribution is 5.56. The first kappa shape index (κ1) is 14.3. The molecule has 0 aliphatic rings. The number of aromatic nitrogens is 2. The average Bonchev–Trinajstić information content (AvgIpc) is 2.38. The molecule has 0 unspecified atom stereocenters. The number of nitrogens with zero attached hydrogens (tertiary/aromatic N) is 1. The third-order valence-electron chi connectivity index (χ3n) is 3.08. The first-order valence-corrected chi connectivity index (χ1v) is 6.88. The van der Waals surface area contributed by atoms with E-state index in [1.165, 1.54) is 0 Å². The van der Waals surface area contributed by atoms with Crippen molar-refractivity contribution in [3.8, 4) is 17.1 Å². The van der Waals surface area contributed by atoms with Crippen LogP contribution in [0.4, 0.5) is 0 Å². The molecule has 0 fully saturated rings. The van der Waals surface area contributed by atoms with Crippen LogP contribution in [0.3, 0.4) is 0 Å². The number of rotatable bonds is 4. The van der Waals surface area contributed by atoms with Crippen molar-refractivity contribution in [3.63, 3.8) is 0 Å². The molecule has 0 saturated carbocycles. The van der Waals surface area contributed by atoms with Gasteiger partial charge in [-0.3, -0.25) is 4.79 Å². The topological polar surface area (TPSA) is 55.0 Å². The molecule has 2 aromatic rings. The van der Waals surface area contributed by atoms with Crippen molar-refractivity contribution in [1.82, 2.24) is 9.97 Å². The van der Waals surface area contributed by atoms with E-state index in [1.54, 1.807) is 0 Å². The Bertz CT molecular complexity index is 643. The van der Waals surface area contributed by atoms with Crippen molar-refractivity contribution in [3.05, 3.63) is 45.9 Å². The van der Waals surface area contributed by atoms with Gasteiger partial charge in [-0.2, -0.15) is 0 Å². The number of aryl methyl sites for hydroxylation is 1. The van der Waals surface area contributed by atoms with E-state index in [-0.39, 0.29) is 11.7 Å². The van der Waals surface area contributed by atoms with Crippen molar-refractivity contribution in [2.24, 2.45) is 0 Å². The summed E-state index contributed by atoms with van der Waals surface area (Å²) in [6.07, 6.45) is 0.833. The molecule has 0 atom stereocenters. The summed E-state index contributed by atoms with van der Waals surface area (Å²) in [5.41, 5.74) is 2.35. The van der Waals surface area contributed by atoms with Crippen LogP contribution in [0.25, 0.3) is 11.4 Å². The van der Waals surface area contributed by atoms with Crippen molar-refractivity contribution < 1.29 is 4.74 Å². The molecule has 1 heterocycles. The molecule has 1 aromatic heterocycles. The fourth-order valence-corrected chi connectivity index (χ4v) is 2.13. The van der Waals surface area contributed by atoms with Gasteiger partial charge in [0, 0.05) is 16.8 Å². The van der Waals surface area contributed by atoms with Crippen molar-refractivity contribution in [2.75, 3.05) is 0 Å². The van der Waals surface area contributed by atoms with Gasteiger partial charge >= 0.3 is 0 Å². The minimum atomic E-state index is -0.0579. The fraction of sp³-hybridized carbons (Fsp3) is 0.375. The van der Waals surface area contributed by atoms with E-state index in [4.69, 9.17) is 4.74 Å². The van der Waals surface area contributed by atoms with E-state index >= 15 is 0 Å². The Morgan fingerprint density at radius 2 is 1.90 bits per heavy atom. The van der Waals surface area contributed by atoms with Crippen LogP contribution in [0.1, 0.15) is 32.0 Å². The van der Waals surface area contributed by atoms with Gasteiger partial charge in [-0.1, -0.05) is 6.92 Å². The maximum Gasteiger partial charge on any atom is 0.254 e. The Balaban J connectivity index is 2.35. The fourth-order valence-electron chi connectivity index (χ4n) is 2.13. The summed E-state index contributed by atoms with van der Waals surface area (Å²) in [5.74, 6) is 1.41. The van der Waals surface area contributed by atoms with Crippen LogP contribution in [0.2, 0.25) is 0 Å². The molecule has 1 N–H and O–H groups in total. The van der Waals surface area contributed by atoms with Crippen LogP contribution in [-0.4, -0.2) is 16.1 Å². The highest BCUT2D eigenvalue weighted by atomic mass is 16.5. The first-order chi connectivity index (χ1) is 9.51. The average molecular weight is 272 g/mol. The lowest BCUT2D eigenvalue weighted by Crippen LogP contribution is -2.16. The highest BCUT2D eigenvalue weighted by Crippen LogP contribution is 2.20. The number of hydrogen-bond acceptors (Lipinski definition) is 3. The Hall–Kier alpha value is -2.10. The Morgan fingerprint density at radius 3 is 2.40 bits per heavy atom. The zero-order valence-corrected chi connectivity index (χ0v) is 12.4. The van der Waals surface area contributed by atoms with Gasteiger partial charge in [-0.05, 0) is 51.5 Å². The maximum atomic E-state index is 12.0. The predicted octanol–water partition coefficient (Wildman–Crippen LogP) is 3.09. The molecule has 0 spiro atoms. The molecule has 0 aliphatic heterocycles. The standard InChI is InChI=1S/C16H20N2O2/c1-5-14-11(4)17-15(18-16(14)19)12-6-8-13(9-7-12)20-10(2)3/h6-10H,5H2,1-4H3,(H,17,18,19).